The largest absolute Gasteiger partial charge is 0.376 e. The smallest absolute Gasteiger partial charge is 0.163 e. The van der Waals surface area contributed by atoms with Crippen LogP contribution in [0.1, 0.15) is 50.6 Å². The van der Waals surface area contributed by atoms with Crippen molar-refractivity contribution < 1.29 is 13.5 Å². The maximum Gasteiger partial charge on any atom is 0.163 e. The van der Waals surface area contributed by atoms with Crippen LogP contribution >= 0.6 is 0 Å². The minimum atomic E-state index is -0.799. The molecular formula is C17H25F2NO. The van der Waals surface area contributed by atoms with Gasteiger partial charge in [0.2, 0.25) is 0 Å². The molecule has 0 spiro atoms. The topological polar surface area (TPSA) is 21.3 Å². The number of halogens is 2. The Hall–Kier alpha value is -1.00. The van der Waals surface area contributed by atoms with Crippen LogP contribution < -0.4 is 5.32 Å². The van der Waals surface area contributed by atoms with E-state index in [1.165, 1.54) is 19.3 Å². The summed E-state index contributed by atoms with van der Waals surface area (Å²) in [5, 5.41) is 3.14. The number of benzene rings is 1. The maximum atomic E-state index is 14.1. The summed E-state index contributed by atoms with van der Waals surface area (Å²) < 4.78 is 33.6. The van der Waals surface area contributed by atoms with Gasteiger partial charge in [-0.3, -0.25) is 0 Å². The molecule has 0 heterocycles. The highest BCUT2D eigenvalue weighted by Gasteiger charge is 2.33. The highest BCUT2D eigenvalue weighted by atomic mass is 19.2. The molecule has 2 unspecified atom stereocenters. The molecule has 1 N–H and O–H groups in total. The van der Waals surface area contributed by atoms with E-state index in [0.717, 1.165) is 18.9 Å². The minimum Gasteiger partial charge on any atom is -0.376 e. The summed E-state index contributed by atoms with van der Waals surface area (Å²) in [5.74, 6) is -1.16. The molecule has 0 bridgehead atoms. The van der Waals surface area contributed by atoms with Gasteiger partial charge >= 0.3 is 0 Å². The number of hydrogen-bond acceptors (Lipinski definition) is 2. The van der Waals surface area contributed by atoms with Crippen molar-refractivity contribution in [2.45, 2.75) is 51.2 Å². The third-order valence-corrected chi connectivity index (χ3v) is 4.43. The Labute approximate surface area is 125 Å². The Morgan fingerprint density at radius 2 is 1.95 bits per heavy atom. The lowest BCUT2D eigenvalue weighted by atomic mass is 9.81. The molecule has 1 aromatic rings. The lowest BCUT2D eigenvalue weighted by molar-refractivity contribution is -0.0175. The minimum absolute atomic E-state index is 0.114. The Morgan fingerprint density at radius 1 is 1.24 bits per heavy atom. The molecule has 0 radical (unpaired) electrons. The number of likely N-dealkylation sites (N-methyl/N-ethyl adjacent to an activating group) is 1. The predicted octanol–water partition coefficient (Wildman–Crippen LogP) is 4.21. The first-order valence-electron chi connectivity index (χ1n) is 7.91. The van der Waals surface area contributed by atoms with Gasteiger partial charge in [0.25, 0.3) is 0 Å². The van der Waals surface area contributed by atoms with E-state index in [9.17, 15) is 8.78 Å². The van der Waals surface area contributed by atoms with E-state index in [2.05, 4.69) is 5.32 Å². The second-order valence-electron chi connectivity index (χ2n) is 5.73. The molecule has 0 saturated heterocycles. The van der Waals surface area contributed by atoms with Gasteiger partial charge in [0, 0.05) is 12.2 Å². The normalized spacial score (nSPS) is 19.4. The predicted molar refractivity (Wildman–Crippen MR) is 80.1 cm³/mol. The van der Waals surface area contributed by atoms with E-state index in [1.807, 2.05) is 6.92 Å². The zero-order valence-electron chi connectivity index (χ0n) is 12.9. The van der Waals surface area contributed by atoms with Crippen LogP contribution in [-0.4, -0.2) is 19.8 Å². The number of ether oxygens (including phenoxy) is 1. The van der Waals surface area contributed by atoms with Crippen molar-refractivity contribution in [3.63, 3.8) is 0 Å². The molecule has 0 amide bonds. The zero-order chi connectivity index (χ0) is 15.2. The van der Waals surface area contributed by atoms with Crippen LogP contribution in [0.25, 0.3) is 0 Å². The van der Waals surface area contributed by atoms with Crippen molar-refractivity contribution in [2.24, 2.45) is 5.92 Å². The molecule has 1 fully saturated rings. The molecule has 1 aliphatic rings. The van der Waals surface area contributed by atoms with E-state index >= 15 is 0 Å². The van der Waals surface area contributed by atoms with Crippen LogP contribution in [0, 0.1) is 17.6 Å². The molecule has 2 rings (SSSR count). The Bertz CT molecular complexity index is 446. The number of nitrogens with one attached hydrogen (secondary N) is 1. The third-order valence-electron chi connectivity index (χ3n) is 4.43. The van der Waals surface area contributed by atoms with Gasteiger partial charge in [0.1, 0.15) is 0 Å². The van der Waals surface area contributed by atoms with E-state index in [1.54, 1.807) is 19.2 Å². The summed E-state index contributed by atoms with van der Waals surface area (Å²) in [6.07, 6.45) is 5.72. The molecular weight excluding hydrogens is 272 g/mol. The Morgan fingerprint density at radius 3 is 2.57 bits per heavy atom. The van der Waals surface area contributed by atoms with Crippen LogP contribution in [0.4, 0.5) is 8.78 Å². The molecule has 1 aliphatic carbocycles. The van der Waals surface area contributed by atoms with E-state index in [-0.39, 0.29) is 12.1 Å². The zero-order valence-corrected chi connectivity index (χ0v) is 12.9. The highest BCUT2D eigenvalue weighted by molar-refractivity contribution is 5.24. The molecule has 2 nitrogen and oxygen atoms in total. The van der Waals surface area contributed by atoms with Crippen LogP contribution in [0.3, 0.4) is 0 Å². The summed E-state index contributed by atoms with van der Waals surface area (Å²) in [6.45, 7) is 2.53. The average Bonchev–Trinajstić information content (AvgIpc) is 2.52. The standard InChI is InChI=1S/C17H25F2NO/c1-3-21-17(12-8-5-4-6-9-12)16(20-2)13-10-7-11-14(18)15(13)19/h7,10-12,16-17,20H,3-6,8-9H2,1-2H3. The molecule has 0 aliphatic heterocycles. The van der Waals surface area contributed by atoms with Gasteiger partial charge in [-0.05, 0) is 38.8 Å². The van der Waals surface area contributed by atoms with Crippen LogP contribution in [-0.2, 0) is 4.74 Å². The first kappa shape index (κ1) is 16.4. The fourth-order valence-electron chi connectivity index (χ4n) is 3.42. The van der Waals surface area contributed by atoms with Crippen molar-refractivity contribution >= 4 is 0 Å². The van der Waals surface area contributed by atoms with Gasteiger partial charge < -0.3 is 10.1 Å². The first-order chi connectivity index (χ1) is 10.2. The summed E-state index contributed by atoms with van der Waals surface area (Å²) in [4.78, 5) is 0. The average molecular weight is 297 g/mol. The van der Waals surface area contributed by atoms with Gasteiger partial charge in [-0.25, -0.2) is 8.78 Å². The molecule has 21 heavy (non-hydrogen) atoms. The highest BCUT2D eigenvalue weighted by Crippen LogP contribution is 2.35. The summed E-state index contributed by atoms with van der Waals surface area (Å²) in [7, 11) is 1.78. The molecule has 1 saturated carbocycles. The molecule has 2 atom stereocenters. The van der Waals surface area contributed by atoms with Crippen LogP contribution in [0.2, 0.25) is 0 Å². The summed E-state index contributed by atoms with van der Waals surface area (Å²) >= 11 is 0. The fraction of sp³-hybridized carbons (Fsp3) is 0.647. The van der Waals surface area contributed by atoms with Gasteiger partial charge in [0.05, 0.1) is 12.1 Å². The Kier molecular flexibility index (Phi) is 6.12. The SMILES string of the molecule is CCOC(C1CCCCC1)C(NC)c1cccc(F)c1F. The van der Waals surface area contributed by atoms with Gasteiger partial charge in [-0.15, -0.1) is 0 Å². The molecule has 1 aromatic carbocycles. The van der Waals surface area contributed by atoms with Crippen molar-refractivity contribution in [3.8, 4) is 0 Å². The van der Waals surface area contributed by atoms with Crippen LogP contribution in [0.5, 0.6) is 0 Å². The maximum absolute atomic E-state index is 14.1. The van der Waals surface area contributed by atoms with E-state index < -0.39 is 11.6 Å². The van der Waals surface area contributed by atoms with Gasteiger partial charge in [0.15, 0.2) is 11.6 Å². The first-order valence-corrected chi connectivity index (χ1v) is 7.91. The Balaban J connectivity index is 2.28. The van der Waals surface area contributed by atoms with E-state index in [0.29, 0.717) is 18.1 Å². The molecule has 4 heteroatoms. The van der Waals surface area contributed by atoms with Crippen molar-refractivity contribution in [1.29, 1.82) is 0 Å². The summed E-state index contributed by atoms with van der Waals surface area (Å²) in [6, 6.07) is 4.04. The second kappa shape index (κ2) is 7.85. The quantitative estimate of drug-likeness (QED) is 0.849. The van der Waals surface area contributed by atoms with Crippen molar-refractivity contribution in [3.05, 3.63) is 35.4 Å². The van der Waals surface area contributed by atoms with Crippen LogP contribution in [0.15, 0.2) is 18.2 Å². The monoisotopic (exact) mass is 297 g/mol. The number of hydrogen-bond donors (Lipinski definition) is 1. The van der Waals surface area contributed by atoms with Gasteiger partial charge in [-0.2, -0.15) is 0 Å². The summed E-state index contributed by atoms with van der Waals surface area (Å²) in [5.41, 5.74) is 0.363. The lowest BCUT2D eigenvalue weighted by Crippen LogP contribution is -2.39. The second-order valence-corrected chi connectivity index (χ2v) is 5.73. The number of rotatable bonds is 6. The third kappa shape index (κ3) is 3.80. The lowest BCUT2D eigenvalue weighted by Gasteiger charge is -2.36. The van der Waals surface area contributed by atoms with Crippen molar-refractivity contribution in [2.75, 3.05) is 13.7 Å². The van der Waals surface area contributed by atoms with E-state index in [4.69, 9.17) is 4.74 Å². The molecule has 0 aromatic heterocycles. The molecule has 118 valence electrons. The van der Waals surface area contributed by atoms with Gasteiger partial charge in [-0.1, -0.05) is 31.4 Å². The van der Waals surface area contributed by atoms with Crippen molar-refractivity contribution in [1.82, 2.24) is 5.32 Å². The fourth-order valence-corrected chi connectivity index (χ4v) is 3.42.